The zero-order valence-corrected chi connectivity index (χ0v) is 9.01. The van der Waals surface area contributed by atoms with Crippen LogP contribution in [0.5, 0.6) is 5.75 Å². The van der Waals surface area contributed by atoms with Gasteiger partial charge in [0.1, 0.15) is 17.4 Å². The lowest BCUT2D eigenvalue weighted by Gasteiger charge is -2.11. The van der Waals surface area contributed by atoms with E-state index < -0.39 is 11.6 Å². The fraction of sp³-hybridized carbons (Fsp3) is 0.455. The largest absolute Gasteiger partial charge is 0.467 e. The second-order valence-corrected chi connectivity index (χ2v) is 3.51. The van der Waals surface area contributed by atoms with Crippen molar-refractivity contribution < 1.29 is 18.3 Å². The Balaban J connectivity index is 2.97. The number of benzene rings is 1. The van der Waals surface area contributed by atoms with Crippen LogP contribution in [-0.4, -0.2) is 13.9 Å². The Morgan fingerprint density at radius 1 is 1.20 bits per heavy atom. The number of methoxy groups -OCH3 is 1. The molecule has 4 heteroatoms. The first kappa shape index (κ1) is 11.9. The molecule has 0 saturated heterocycles. The summed E-state index contributed by atoms with van der Waals surface area (Å²) in [6, 6.07) is 2.33. The minimum Gasteiger partial charge on any atom is -0.467 e. The van der Waals surface area contributed by atoms with Gasteiger partial charge in [0.2, 0.25) is 0 Å². The van der Waals surface area contributed by atoms with Gasteiger partial charge in [0.15, 0.2) is 6.79 Å². The van der Waals surface area contributed by atoms with Crippen LogP contribution < -0.4 is 4.74 Å². The molecule has 0 aliphatic rings. The normalized spacial score (nSPS) is 10.8. The maximum Gasteiger partial charge on any atom is 0.188 e. The zero-order chi connectivity index (χ0) is 11.4. The predicted molar refractivity (Wildman–Crippen MR) is 53.0 cm³/mol. The average molecular weight is 216 g/mol. The maximum atomic E-state index is 13.4. The van der Waals surface area contributed by atoms with Crippen molar-refractivity contribution in [2.45, 2.75) is 19.8 Å². The van der Waals surface area contributed by atoms with E-state index in [1.165, 1.54) is 7.11 Å². The molecule has 0 amide bonds. The van der Waals surface area contributed by atoms with Crippen molar-refractivity contribution in [3.05, 3.63) is 29.3 Å². The van der Waals surface area contributed by atoms with Gasteiger partial charge >= 0.3 is 0 Å². The van der Waals surface area contributed by atoms with Crippen molar-refractivity contribution in [1.29, 1.82) is 0 Å². The van der Waals surface area contributed by atoms with Crippen LogP contribution in [0.3, 0.4) is 0 Å². The van der Waals surface area contributed by atoms with Crippen molar-refractivity contribution >= 4 is 0 Å². The lowest BCUT2D eigenvalue weighted by atomic mass is 10.0. The van der Waals surface area contributed by atoms with Gasteiger partial charge in [-0.05, 0) is 5.92 Å². The summed E-state index contributed by atoms with van der Waals surface area (Å²) in [6.07, 6.45) is 0. The summed E-state index contributed by atoms with van der Waals surface area (Å²) in [6.45, 7) is 3.44. The molecule has 0 aliphatic heterocycles. The lowest BCUT2D eigenvalue weighted by Crippen LogP contribution is -2.03. The van der Waals surface area contributed by atoms with Gasteiger partial charge in [-0.25, -0.2) is 8.78 Å². The topological polar surface area (TPSA) is 18.5 Å². The van der Waals surface area contributed by atoms with Crippen LogP contribution in [0.15, 0.2) is 12.1 Å². The summed E-state index contributed by atoms with van der Waals surface area (Å²) in [7, 11) is 1.44. The van der Waals surface area contributed by atoms with Gasteiger partial charge in [-0.2, -0.15) is 0 Å². The first-order valence-corrected chi connectivity index (χ1v) is 4.67. The van der Waals surface area contributed by atoms with Gasteiger partial charge in [-0.3, -0.25) is 0 Å². The lowest BCUT2D eigenvalue weighted by molar-refractivity contribution is 0.0506. The molecule has 0 aliphatic carbocycles. The van der Waals surface area contributed by atoms with E-state index in [0.29, 0.717) is 0 Å². The SMILES string of the molecule is COCOc1cc(F)c(C(C)C)c(F)c1. The number of hydrogen-bond donors (Lipinski definition) is 0. The predicted octanol–water partition coefficient (Wildman–Crippen LogP) is 3.07. The van der Waals surface area contributed by atoms with Crippen molar-refractivity contribution in [1.82, 2.24) is 0 Å². The van der Waals surface area contributed by atoms with Crippen LogP contribution >= 0.6 is 0 Å². The Labute approximate surface area is 87.8 Å². The fourth-order valence-electron chi connectivity index (χ4n) is 1.32. The standard InChI is InChI=1S/C11H14F2O2/c1-7(2)11-9(12)4-8(5-10(11)13)15-6-14-3/h4-5,7H,6H2,1-3H3. The molecule has 1 aromatic rings. The van der Waals surface area contributed by atoms with Crippen molar-refractivity contribution in [3.63, 3.8) is 0 Å². The second kappa shape index (κ2) is 5.07. The molecule has 0 heterocycles. The average Bonchev–Trinajstić information content (AvgIpc) is 2.12. The van der Waals surface area contributed by atoms with Crippen LogP contribution in [0.25, 0.3) is 0 Å². The molecular formula is C11H14F2O2. The maximum absolute atomic E-state index is 13.4. The first-order chi connectivity index (χ1) is 7.06. The molecule has 0 atom stereocenters. The Morgan fingerprint density at radius 3 is 2.13 bits per heavy atom. The second-order valence-electron chi connectivity index (χ2n) is 3.51. The summed E-state index contributed by atoms with van der Waals surface area (Å²) in [5.41, 5.74) is 0.0831. The molecule has 0 aromatic heterocycles. The van der Waals surface area contributed by atoms with Gasteiger partial charge in [-0.1, -0.05) is 13.8 Å². The molecule has 0 fully saturated rings. The molecule has 0 unspecified atom stereocenters. The minimum atomic E-state index is -0.587. The van der Waals surface area contributed by atoms with Gasteiger partial charge in [0.25, 0.3) is 0 Å². The number of rotatable bonds is 4. The van der Waals surface area contributed by atoms with E-state index in [2.05, 4.69) is 4.74 Å². The molecule has 84 valence electrons. The van der Waals surface area contributed by atoms with Crippen molar-refractivity contribution in [2.75, 3.05) is 13.9 Å². The van der Waals surface area contributed by atoms with Crippen LogP contribution in [0.4, 0.5) is 8.78 Å². The van der Waals surface area contributed by atoms with E-state index in [-0.39, 0.29) is 24.0 Å². The minimum absolute atomic E-state index is 0.0279. The molecule has 15 heavy (non-hydrogen) atoms. The highest BCUT2D eigenvalue weighted by molar-refractivity contribution is 5.32. The highest BCUT2D eigenvalue weighted by atomic mass is 19.1. The van der Waals surface area contributed by atoms with Gasteiger partial charge in [0.05, 0.1) is 0 Å². The molecule has 2 nitrogen and oxygen atoms in total. The Bertz CT molecular complexity index is 314. The number of halogens is 2. The zero-order valence-electron chi connectivity index (χ0n) is 9.01. The first-order valence-electron chi connectivity index (χ1n) is 4.67. The van der Waals surface area contributed by atoms with E-state index in [1.54, 1.807) is 13.8 Å². The molecule has 0 spiro atoms. The van der Waals surface area contributed by atoms with E-state index in [4.69, 9.17) is 4.74 Å². The van der Waals surface area contributed by atoms with E-state index in [0.717, 1.165) is 12.1 Å². The third-order valence-electron chi connectivity index (χ3n) is 1.97. The van der Waals surface area contributed by atoms with E-state index >= 15 is 0 Å². The van der Waals surface area contributed by atoms with E-state index in [1.807, 2.05) is 0 Å². The summed E-state index contributed by atoms with van der Waals surface area (Å²) >= 11 is 0. The molecule has 0 N–H and O–H groups in total. The van der Waals surface area contributed by atoms with E-state index in [9.17, 15) is 8.78 Å². The van der Waals surface area contributed by atoms with Gasteiger partial charge < -0.3 is 9.47 Å². The summed E-state index contributed by atoms with van der Waals surface area (Å²) in [5, 5.41) is 0. The Hall–Kier alpha value is -1.16. The molecule has 0 saturated carbocycles. The highest BCUT2D eigenvalue weighted by Gasteiger charge is 2.14. The molecular weight excluding hydrogens is 202 g/mol. The molecule has 0 radical (unpaired) electrons. The monoisotopic (exact) mass is 216 g/mol. The quantitative estimate of drug-likeness (QED) is 0.720. The fourth-order valence-corrected chi connectivity index (χ4v) is 1.32. The summed E-state index contributed by atoms with van der Waals surface area (Å²) < 4.78 is 36.4. The number of hydrogen-bond acceptors (Lipinski definition) is 2. The third-order valence-corrected chi connectivity index (χ3v) is 1.97. The Kier molecular flexibility index (Phi) is 4.03. The molecule has 1 aromatic carbocycles. The van der Waals surface area contributed by atoms with Crippen LogP contribution in [0.2, 0.25) is 0 Å². The molecule has 1 rings (SSSR count). The van der Waals surface area contributed by atoms with Crippen LogP contribution in [0.1, 0.15) is 25.3 Å². The third kappa shape index (κ3) is 2.89. The van der Waals surface area contributed by atoms with Crippen LogP contribution in [0, 0.1) is 11.6 Å². The summed E-state index contributed by atoms with van der Waals surface area (Å²) in [5.74, 6) is -1.23. The molecule has 0 bridgehead atoms. The van der Waals surface area contributed by atoms with Crippen molar-refractivity contribution in [3.8, 4) is 5.75 Å². The number of ether oxygens (including phenoxy) is 2. The summed E-state index contributed by atoms with van der Waals surface area (Å²) in [4.78, 5) is 0. The van der Waals surface area contributed by atoms with Crippen LogP contribution in [-0.2, 0) is 4.74 Å². The highest BCUT2D eigenvalue weighted by Crippen LogP contribution is 2.26. The Morgan fingerprint density at radius 2 is 1.73 bits per heavy atom. The van der Waals surface area contributed by atoms with Gasteiger partial charge in [0, 0.05) is 24.8 Å². The van der Waals surface area contributed by atoms with Crippen molar-refractivity contribution in [2.24, 2.45) is 0 Å². The van der Waals surface area contributed by atoms with Gasteiger partial charge in [-0.15, -0.1) is 0 Å². The smallest absolute Gasteiger partial charge is 0.188 e.